The van der Waals surface area contributed by atoms with E-state index in [9.17, 15) is 9.90 Å². The van der Waals surface area contributed by atoms with E-state index in [0.29, 0.717) is 31.8 Å². The Bertz CT molecular complexity index is 500. The standard InChI is InChI=1S/C14H22N4O3/c1-21-8-6-13(3-2-4-13)12(19)18-7-5-14(20,10-18)11-9-15-17-16-11/h9,20H,2-8,10H2,1H3,(H,15,16,17)/t14-/m0/s1. The SMILES string of the molecule is COCCC1(C(=O)N2CC[C@@](O)(c3cn[nH]n3)C2)CCC1. The fourth-order valence-electron chi connectivity index (χ4n) is 3.41. The van der Waals surface area contributed by atoms with Crippen LogP contribution in [0.4, 0.5) is 0 Å². The van der Waals surface area contributed by atoms with E-state index >= 15 is 0 Å². The summed E-state index contributed by atoms with van der Waals surface area (Å²) in [7, 11) is 1.66. The summed E-state index contributed by atoms with van der Waals surface area (Å²) in [4.78, 5) is 14.6. The average molecular weight is 294 g/mol. The number of nitrogens with zero attached hydrogens (tertiary/aromatic N) is 3. The Morgan fingerprint density at radius 2 is 2.33 bits per heavy atom. The van der Waals surface area contributed by atoms with Crippen LogP contribution >= 0.6 is 0 Å². The number of ether oxygens (including phenoxy) is 1. The van der Waals surface area contributed by atoms with E-state index in [4.69, 9.17) is 4.74 Å². The van der Waals surface area contributed by atoms with Gasteiger partial charge in [-0.15, -0.1) is 0 Å². The number of amides is 1. The number of rotatable bonds is 5. The number of likely N-dealkylation sites (tertiary alicyclic amines) is 1. The zero-order chi connectivity index (χ0) is 14.9. The van der Waals surface area contributed by atoms with E-state index in [1.54, 1.807) is 12.0 Å². The van der Waals surface area contributed by atoms with Gasteiger partial charge in [-0.25, -0.2) is 0 Å². The molecule has 0 aromatic carbocycles. The number of aliphatic hydroxyl groups is 1. The number of carbonyl (C=O) groups is 1. The van der Waals surface area contributed by atoms with Crippen LogP contribution in [0.1, 0.15) is 37.8 Å². The summed E-state index contributed by atoms with van der Waals surface area (Å²) < 4.78 is 5.14. The molecule has 1 amide bonds. The van der Waals surface area contributed by atoms with Crippen molar-refractivity contribution < 1.29 is 14.6 Å². The van der Waals surface area contributed by atoms with Crippen LogP contribution < -0.4 is 0 Å². The second-order valence-electron chi connectivity index (χ2n) is 6.24. The molecular formula is C14H22N4O3. The molecule has 2 aliphatic rings. The molecule has 21 heavy (non-hydrogen) atoms. The zero-order valence-electron chi connectivity index (χ0n) is 12.3. The number of β-amino-alcohol motifs (C(OH)–C–C–N with tert-alkyl or cyclic N) is 1. The molecule has 1 aromatic heterocycles. The van der Waals surface area contributed by atoms with Gasteiger partial charge >= 0.3 is 0 Å². The molecule has 0 radical (unpaired) electrons. The summed E-state index contributed by atoms with van der Waals surface area (Å²) in [5.41, 5.74) is -0.836. The van der Waals surface area contributed by atoms with Gasteiger partial charge in [0.15, 0.2) is 0 Å². The highest BCUT2D eigenvalue weighted by molar-refractivity contribution is 5.84. The van der Waals surface area contributed by atoms with E-state index in [0.717, 1.165) is 25.7 Å². The number of aromatic nitrogens is 3. The van der Waals surface area contributed by atoms with Crippen LogP contribution in [0.15, 0.2) is 6.20 Å². The molecule has 3 rings (SSSR count). The van der Waals surface area contributed by atoms with Crippen LogP contribution in [-0.2, 0) is 15.1 Å². The molecule has 1 aromatic rings. The summed E-state index contributed by atoms with van der Waals surface area (Å²) >= 11 is 0. The van der Waals surface area contributed by atoms with Crippen molar-refractivity contribution in [3.63, 3.8) is 0 Å². The molecule has 1 saturated carbocycles. The Morgan fingerprint density at radius 3 is 2.90 bits per heavy atom. The van der Waals surface area contributed by atoms with Crippen molar-refractivity contribution in [3.8, 4) is 0 Å². The van der Waals surface area contributed by atoms with Gasteiger partial charge in [0, 0.05) is 26.7 Å². The largest absolute Gasteiger partial charge is 0.385 e. The van der Waals surface area contributed by atoms with Crippen molar-refractivity contribution in [3.05, 3.63) is 11.9 Å². The van der Waals surface area contributed by atoms with Crippen molar-refractivity contribution in [1.29, 1.82) is 0 Å². The molecule has 2 fully saturated rings. The molecule has 1 atom stereocenters. The lowest BCUT2D eigenvalue weighted by molar-refractivity contribution is -0.149. The van der Waals surface area contributed by atoms with Gasteiger partial charge in [-0.3, -0.25) is 4.79 Å². The van der Waals surface area contributed by atoms with E-state index < -0.39 is 5.60 Å². The number of H-pyrrole nitrogens is 1. The van der Waals surface area contributed by atoms with Gasteiger partial charge in [0.05, 0.1) is 18.2 Å². The maximum absolute atomic E-state index is 12.8. The average Bonchev–Trinajstić information content (AvgIpc) is 3.07. The van der Waals surface area contributed by atoms with Crippen LogP contribution in [0.2, 0.25) is 0 Å². The number of hydrogen-bond acceptors (Lipinski definition) is 5. The van der Waals surface area contributed by atoms with Crippen LogP contribution in [0.3, 0.4) is 0 Å². The maximum Gasteiger partial charge on any atom is 0.228 e. The summed E-state index contributed by atoms with van der Waals surface area (Å²) in [6.07, 6.45) is 5.74. The predicted molar refractivity (Wildman–Crippen MR) is 74.3 cm³/mol. The third-order valence-corrected chi connectivity index (χ3v) is 4.98. The second-order valence-corrected chi connectivity index (χ2v) is 6.24. The summed E-state index contributed by atoms with van der Waals surface area (Å²) in [5, 5.41) is 20.9. The minimum Gasteiger partial charge on any atom is -0.385 e. The molecule has 2 N–H and O–H groups in total. The van der Waals surface area contributed by atoms with Gasteiger partial charge in [0.25, 0.3) is 0 Å². The minimum atomic E-state index is -1.07. The number of carbonyl (C=O) groups excluding carboxylic acids is 1. The molecule has 1 aliphatic carbocycles. The van der Waals surface area contributed by atoms with Crippen molar-refractivity contribution in [2.75, 3.05) is 26.8 Å². The molecule has 0 bridgehead atoms. The summed E-state index contributed by atoms with van der Waals surface area (Å²) in [6, 6.07) is 0. The topological polar surface area (TPSA) is 91.3 Å². The first-order valence-electron chi connectivity index (χ1n) is 7.47. The number of nitrogens with one attached hydrogen (secondary N) is 1. The second kappa shape index (κ2) is 5.38. The highest BCUT2D eigenvalue weighted by atomic mass is 16.5. The fraction of sp³-hybridized carbons (Fsp3) is 0.786. The third-order valence-electron chi connectivity index (χ3n) is 4.98. The van der Waals surface area contributed by atoms with Gasteiger partial charge in [-0.1, -0.05) is 6.42 Å². The van der Waals surface area contributed by atoms with Crippen LogP contribution in [-0.4, -0.2) is 58.1 Å². The lowest BCUT2D eigenvalue weighted by Gasteiger charge is -2.42. The van der Waals surface area contributed by atoms with E-state index in [1.165, 1.54) is 6.20 Å². The molecular weight excluding hydrogens is 272 g/mol. The van der Waals surface area contributed by atoms with E-state index in [1.807, 2.05) is 0 Å². The smallest absolute Gasteiger partial charge is 0.228 e. The van der Waals surface area contributed by atoms with Crippen molar-refractivity contribution >= 4 is 5.91 Å². The quantitative estimate of drug-likeness (QED) is 0.822. The van der Waals surface area contributed by atoms with Gasteiger partial charge in [-0.2, -0.15) is 15.4 Å². The lowest BCUT2D eigenvalue weighted by Crippen LogP contribution is -2.48. The minimum absolute atomic E-state index is 0.158. The van der Waals surface area contributed by atoms with E-state index in [-0.39, 0.29) is 11.3 Å². The van der Waals surface area contributed by atoms with Crippen LogP contribution in [0.25, 0.3) is 0 Å². The summed E-state index contributed by atoms with van der Waals surface area (Å²) in [6.45, 7) is 1.47. The number of hydrogen-bond donors (Lipinski definition) is 2. The summed E-state index contributed by atoms with van der Waals surface area (Å²) in [5.74, 6) is 0.158. The first-order valence-corrected chi connectivity index (χ1v) is 7.47. The maximum atomic E-state index is 12.8. The molecule has 1 saturated heterocycles. The third kappa shape index (κ3) is 2.44. The normalized spacial score (nSPS) is 27.6. The Labute approximate surface area is 123 Å². The highest BCUT2D eigenvalue weighted by Gasteiger charge is 2.50. The van der Waals surface area contributed by atoms with Crippen molar-refractivity contribution in [1.82, 2.24) is 20.3 Å². The predicted octanol–water partition coefficient (Wildman–Crippen LogP) is 0.431. The molecule has 116 valence electrons. The molecule has 0 spiro atoms. The Hall–Kier alpha value is -1.47. The molecule has 2 heterocycles. The van der Waals surface area contributed by atoms with Gasteiger partial charge in [-0.05, 0) is 19.3 Å². The molecule has 0 unspecified atom stereocenters. The molecule has 7 nitrogen and oxygen atoms in total. The Morgan fingerprint density at radius 1 is 1.52 bits per heavy atom. The zero-order valence-corrected chi connectivity index (χ0v) is 12.3. The van der Waals surface area contributed by atoms with Gasteiger partial charge in [0.1, 0.15) is 11.3 Å². The Balaban J connectivity index is 1.69. The molecule has 7 heteroatoms. The molecule has 1 aliphatic heterocycles. The lowest BCUT2D eigenvalue weighted by atomic mass is 9.66. The van der Waals surface area contributed by atoms with E-state index in [2.05, 4.69) is 15.4 Å². The van der Waals surface area contributed by atoms with Crippen molar-refractivity contribution in [2.24, 2.45) is 5.41 Å². The first kappa shape index (κ1) is 14.5. The van der Waals surface area contributed by atoms with Crippen LogP contribution in [0.5, 0.6) is 0 Å². The number of aromatic amines is 1. The van der Waals surface area contributed by atoms with Gasteiger partial charge < -0.3 is 14.7 Å². The fourth-order valence-corrected chi connectivity index (χ4v) is 3.41. The Kier molecular flexibility index (Phi) is 3.71. The first-order chi connectivity index (χ1) is 10.1. The van der Waals surface area contributed by atoms with Crippen molar-refractivity contribution in [2.45, 2.75) is 37.7 Å². The van der Waals surface area contributed by atoms with Crippen LogP contribution in [0, 0.1) is 5.41 Å². The number of methoxy groups -OCH3 is 1. The van der Waals surface area contributed by atoms with Gasteiger partial charge in [0.2, 0.25) is 5.91 Å². The monoisotopic (exact) mass is 294 g/mol. The highest BCUT2D eigenvalue weighted by Crippen LogP contribution is 2.46.